The van der Waals surface area contributed by atoms with E-state index in [0.717, 1.165) is 11.0 Å². The monoisotopic (exact) mass is 434 g/mol. The average Bonchev–Trinajstić information content (AvgIpc) is 2.76. The molecule has 1 heterocycles. The van der Waals surface area contributed by atoms with Crippen LogP contribution in [0.25, 0.3) is 0 Å². The molecule has 0 aromatic heterocycles. The van der Waals surface area contributed by atoms with Gasteiger partial charge in [-0.1, -0.05) is 18.2 Å². The fourth-order valence-corrected chi connectivity index (χ4v) is 3.18. The second kappa shape index (κ2) is 9.65. The molecule has 0 saturated carbocycles. The Labute approximate surface area is 184 Å². The highest BCUT2D eigenvalue weighted by Gasteiger charge is 2.38. The van der Waals surface area contributed by atoms with Crippen molar-refractivity contribution in [3.05, 3.63) is 66.2 Å². The maximum atomic E-state index is 13.0. The number of thiocarbonyl (C=S) groups is 1. The minimum atomic E-state index is -1.38. The first kappa shape index (κ1) is 21.7. The molecule has 156 valence electrons. The lowest BCUT2D eigenvalue weighted by molar-refractivity contribution is -0.131. The third-order valence-electron chi connectivity index (χ3n) is 4.34. The van der Waals surface area contributed by atoms with E-state index in [0.29, 0.717) is 23.7 Å². The summed E-state index contributed by atoms with van der Waals surface area (Å²) in [7, 11) is 0. The molecule has 1 saturated heterocycles. The summed E-state index contributed by atoms with van der Waals surface area (Å²) >= 11 is 5.12. The van der Waals surface area contributed by atoms with E-state index >= 15 is 0 Å². The Morgan fingerprint density at radius 1 is 1.23 bits per heavy atom. The van der Waals surface area contributed by atoms with Crippen LogP contribution in [-0.2, 0) is 14.4 Å². The highest BCUT2D eigenvalue weighted by atomic mass is 32.1. The number of nitrogens with zero attached hydrogens (tertiary/aromatic N) is 2. The van der Waals surface area contributed by atoms with Crippen LogP contribution in [-0.4, -0.2) is 29.4 Å². The number of anilines is 2. The van der Waals surface area contributed by atoms with E-state index in [1.54, 1.807) is 60.7 Å². The first-order chi connectivity index (χ1) is 14.9. The van der Waals surface area contributed by atoms with Gasteiger partial charge in [-0.15, -0.1) is 0 Å². The van der Waals surface area contributed by atoms with Gasteiger partial charge >= 0.3 is 0 Å². The van der Waals surface area contributed by atoms with Crippen molar-refractivity contribution in [2.24, 2.45) is 5.92 Å². The third-order valence-corrected chi connectivity index (χ3v) is 4.62. The number of hydrogen-bond acceptors (Lipinski definition) is 6. The molecule has 0 spiro atoms. The van der Waals surface area contributed by atoms with Crippen molar-refractivity contribution in [2.75, 3.05) is 16.8 Å². The molecule has 0 radical (unpaired) electrons. The van der Waals surface area contributed by atoms with Gasteiger partial charge in [0.25, 0.3) is 5.91 Å². The predicted molar refractivity (Wildman–Crippen MR) is 118 cm³/mol. The molecule has 0 unspecified atom stereocenters. The second-order valence-corrected chi connectivity index (χ2v) is 6.77. The summed E-state index contributed by atoms with van der Waals surface area (Å²) in [5.41, 5.74) is 0.526. The van der Waals surface area contributed by atoms with Gasteiger partial charge in [0.05, 0.1) is 12.3 Å². The average molecular weight is 434 g/mol. The number of carbonyl (C=O) groups is 3. The number of benzene rings is 2. The summed E-state index contributed by atoms with van der Waals surface area (Å²) in [6.45, 7) is 2.36. The Hall–Kier alpha value is -4.03. The molecule has 1 atom stereocenters. The van der Waals surface area contributed by atoms with Crippen molar-refractivity contribution >= 4 is 46.4 Å². The van der Waals surface area contributed by atoms with Crippen molar-refractivity contribution in [1.29, 1.82) is 5.26 Å². The van der Waals surface area contributed by atoms with Crippen molar-refractivity contribution in [2.45, 2.75) is 6.92 Å². The van der Waals surface area contributed by atoms with Crippen LogP contribution in [0.1, 0.15) is 6.92 Å². The summed E-state index contributed by atoms with van der Waals surface area (Å²) in [6, 6.07) is 16.9. The van der Waals surface area contributed by atoms with Crippen molar-refractivity contribution in [3.8, 4) is 11.8 Å². The van der Waals surface area contributed by atoms with Crippen molar-refractivity contribution < 1.29 is 19.1 Å². The number of ether oxygens (including phenoxy) is 1. The van der Waals surface area contributed by atoms with Crippen LogP contribution in [0.3, 0.4) is 0 Å². The summed E-state index contributed by atoms with van der Waals surface area (Å²) < 4.78 is 5.34. The lowest BCUT2D eigenvalue weighted by atomic mass is 10.0. The molecule has 3 rings (SSSR count). The zero-order valence-electron chi connectivity index (χ0n) is 16.5. The fourth-order valence-electron chi connectivity index (χ4n) is 2.89. The van der Waals surface area contributed by atoms with E-state index < -0.39 is 23.6 Å². The standard InChI is InChI=1S/C22H18N4O4S/c1-2-30-17-10-8-15(9-11-17)24-19(27)14(13-23)12-18-20(28)25-22(31)26(21(18)29)16-6-4-3-5-7-16/h3-12,18H,2H2,1H3,(H,24,27)(H,25,28,31)/b14-12-/t18-/m0/s1. The van der Waals surface area contributed by atoms with E-state index in [4.69, 9.17) is 17.0 Å². The number of para-hydroxylation sites is 1. The molecule has 1 aliphatic heterocycles. The van der Waals surface area contributed by atoms with Gasteiger partial charge in [0.2, 0.25) is 11.8 Å². The molecular formula is C22H18N4O4S. The van der Waals surface area contributed by atoms with Gasteiger partial charge in [-0.2, -0.15) is 5.26 Å². The van der Waals surface area contributed by atoms with Gasteiger partial charge in [0.1, 0.15) is 23.3 Å². The van der Waals surface area contributed by atoms with Crippen LogP contribution in [0.5, 0.6) is 5.75 Å². The molecule has 31 heavy (non-hydrogen) atoms. The summed E-state index contributed by atoms with van der Waals surface area (Å²) in [5, 5.41) is 14.4. The van der Waals surface area contributed by atoms with Crippen LogP contribution in [0.15, 0.2) is 66.2 Å². The number of nitrogens with one attached hydrogen (secondary N) is 2. The van der Waals surface area contributed by atoms with E-state index in [9.17, 15) is 19.6 Å². The van der Waals surface area contributed by atoms with Crippen LogP contribution < -0.4 is 20.3 Å². The van der Waals surface area contributed by atoms with E-state index in [1.165, 1.54) is 0 Å². The Bertz CT molecular complexity index is 1090. The van der Waals surface area contributed by atoms with Crippen molar-refractivity contribution in [1.82, 2.24) is 5.32 Å². The van der Waals surface area contributed by atoms with E-state index in [-0.39, 0.29) is 10.7 Å². The fraction of sp³-hybridized carbons (Fsp3) is 0.136. The van der Waals surface area contributed by atoms with E-state index in [2.05, 4.69) is 10.6 Å². The third kappa shape index (κ3) is 4.94. The van der Waals surface area contributed by atoms with Crippen LogP contribution in [0, 0.1) is 17.2 Å². The zero-order chi connectivity index (χ0) is 22.4. The van der Waals surface area contributed by atoms with Gasteiger partial charge in [0, 0.05) is 5.69 Å². The molecule has 2 N–H and O–H groups in total. The van der Waals surface area contributed by atoms with Gasteiger partial charge in [-0.3, -0.25) is 19.3 Å². The van der Waals surface area contributed by atoms with Crippen molar-refractivity contribution in [3.63, 3.8) is 0 Å². The molecule has 0 aliphatic carbocycles. The highest BCUT2D eigenvalue weighted by Crippen LogP contribution is 2.22. The number of nitriles is 1. The van der Waals surface area contributed by atoms with Crippen LogP contribution in [0.4, 0.5) is 11.4 Å². The highest BCUT2D eigenvalue weighted by molar-refractivity contribution is 7.80. The van der Waals surface area contributed by atoms with Gasteiger partial charge < -0.3 is 15.4 Å². The topological polar surface area (TPSA) is 112 Å². The first-order valence-electron chi connectivity index (χ1n) is 9.34. The van der Waals surface area contributed by atoms with Crippen LogP contribution in [0.2, 0.25) is 0 Å². The Morgan fingerprint density at radius 2 is 1.90 bits per heavy atom. The number of amides is 3. The molecule has 9 heteroatoms. The number of hydrogen-bond donors (Lipinski definition) is 2. The zero-order valence-corrected chi connectivity index (χ0v) is 17.3. The quantitative estimate of drug-likeness (QED) is 0.313. The van der Waals surface area contributed by atoms with Gasteiger partial charge in [-0.25, -0.2) is 0 Å². The minimum Gasteiger partial charge on any atom is -0.494 e. The van der Waals surface area contributed by atoms with Gasteiger partial charge in [-0.05, 0) is 61.6 Å². The normalized spacial score (nSPS) is 16.4. The molecule has 1 fully saturated rings. The molecule has 3 amide bonds. The smallest absolute Gasteiger partial charge is 0.266 e. The Morgan fingerprint density at radius 3 is 2.52 bits per heavy atom. The summed E-state index contributed by atoms with van der Waals surface area (Å²) in [5.74, 6) is -2.84. The maximum Gasteiger partial charge on any atom is 0.266 e. The number of carbonyl (C=O) groups excluding carboxylic acids is 3. The SMILES string of the molecule is CCOc1ccc(NC(=O)/C(C#N)=C\[C@H]2C(=O)NC(=S)N(c3ccccc3)C2=O)cc1. The van der Waals surface area contributed by atoms with E-state index in [1.807, 2.05) is 6.92 Å². The molecule has 8 nitrogen and oxygen atoms in total. The minimum absolute atomic E-state index is 0.0665. The van der Waals surface area contributed by atoms with Gasteiger partial charge in [0.15, 0.2) is 5.11 Å². The molecule has 0 bridgehead atoms. The Kier molecular flexibility index (Phi) is 6.74. The molecule has 2 aromatic rings. The maximum absolute atomic E-state index is 13.0. The molecular weight excluding hydrogens is 416 g/mol. The predicted octanol–water partition coefficient (Wildman–Crippen LogP) is 2.54. The lowest BCUT2D eigenvalue weighted by Gasteiger charge is -2.31. The van der Waals surface area contributed by atoms with Crippen LogP contribution >= 0.6 is 12.2 Å². The number of rotatable bonds is 6. The lowest BCUT2D eigenvalue weighted by Crippen LogP contribution is -2.57. The first-order valence-corrected chi connectivity index (χ1v) is 9.75. The summed E-state index contributed by atoms with van der Waals surface area (Å²) in [6.07, 6.45) is 1.04. The molecule has 1 aliphatic rings. The largest absolute Gasteiger partial charge is 0.494 e. The Balaban J connectivity index is 1.82. The molecule has 2 aromatic carbocycles. The second-order valence-electron chi connectivity index (χ2n) is 6.38. The summed E-state index contributed by atoms with van der Waals surface area (Å²) in [4.78, 5) is 39.0.